The first-order valence-electron chi connectivity index (χ1n) is 22.2. The van der Waals surface area contributed by atoms with Gasteiger partial charge in [0.05, 0.1) is 11.4 Å². The van der Waals surface area contributed by atoms with Crippen LogP contribution in [0.1, 0.15) is 50.7 Å². The molecule has 2 N–H and O–H groups in total. The number of nitrogens with two attached hydrogens (primary N) is 1. The van der Waals surface area contributed by atoms with E-state index < -0.39 is 0 Å². The van der Waals surface area contributed by atoms with E-state index in [-0.39, 0.29) is 6.04 Å². The number of nitrogens with zero attached hydrogens (tertiary/aromatic N) is 1. The second kappa shape index (κ2) is 18.5. The molecule has 0 radical (unpaired) electrons. The molecule has 8 aromatic rings. The van der Waals surface area contributed by atoms with E-state index in [9.17, 15) is 0 Å². The van der Waals surface area contributed by atoms with Gasteiger partial charge in [-0.2, -0.15) is 0 Å². The molecular formula is C61H54N2. The highest BCUT2D eigenvalue weighted by molar-refractivity contribution is 6.23. The van der Waals surface area contributed by atoms with E-state index in [0.717, 1.165) is 70.3 Å². The molecule has 1 atom stereocenters. The van der Waals surface area contributed by atoms with Gasteiger partial charge in [-0.1, -0.05) is 182 Å². The number of pyridine rings is 1. The third-order valence-corrected chi connectivity index (χ3v) is 12.4. The maximum Gasteiger partial charge on any atom is 0.0718 e. The first-order chi connectivity index (χ1) is 30.8. The lowest BCUT2D eigenvalue weighted by atomic mass is 9.92. The van der Waals surface area contributed by atoms with Crippen LogP contribution < -0.4 is 5.73 Å². The van der Waals surface area contributed by atoms with Gasteiger partial charge in [-0.25, -0.2) is 4.98 Å². The largest absolute Gasteiger partial charge is 0.324 e. The van der Waals surface area contributed by atoms with E-state index in [1.165, 1.54) is 65.2 Å². The molecule has 0 fully saturated rings. The fourth-order valence-electron chi connectivity index (χ4n) is 9.20. The highest BCUT2D eigenvalue weighted by atomic mass is 14.7. The molecule has 1 aliphatic rings. The molecule has 2 bridgehead atoms. The van der Waals surface area contributed by atoms with Crippen LogP contribution in [0.2, 0.25) is 0 Å². The maximum atomic E-state index is 6.86. The summed E-state index contributed by atoms with van der Waals surface area (Å²) < 4.78 is 0. The SMILES string of the molecule is C=C/C=C\C(=C/CC(/C=C\C)=C/C=C/c1cc(-c2cc3ccc4cccc5ccc(c2)c3c45)nc(-c2ccc3ccc4cccc(ccc2C)c4c3)c1)[C@H](N)CC1=CCCC(C)=C1. The van der Waals surface area contributed by atoms with Crippen molar-refractivity contribution in [3.63, 3.8) is 0 Å². The Morgan fingerprint density at radius 2 is 1.40 bits per heavy atom. The number of aromatic nitrogens is 1. The predicted octanol–water partition coefficient (Wildman–Crippen LogP) is 16.4. The summed E-state index contributed by atoms with van der Waals surface area (Å²) in [6, 6.07) is 46.7. The van der Waals surface area contributed by atoms with E-state index in [1.807, 2.05) is 12.2 Å². The summed E-state index contributed by atoms with van der Waals surface area (Å²) in [6.45, 7) is 10.4. The molecule has 1 heterocycles. The van der Waals surface area contributed by atoms with Gasteiger partial charge in [-0.15, -0.1) is 0 Å². The molecule has 2 nitrogen and oxygen atoms in total. The van der Waals surface area contributed by atoms with Crippen molar-refractivity contribution in [1.29, 1.82) is 0 Å². The van der Waals surface area contributed by atoms with Gasteiger partial charge in [0.15, 0.2) is 0 Å². The van der Waals surface area contributed by atoms with Crippen LogP contribution in [-0.2, 0) is 0 Å². The highest BCUT2D eigenvalue weighted by Gasteiger charge is 2.14. The van der Waals surface area contributed by atoms with Crippen molar-refractivity contribution < 1.29 is 0 Å². The van der Waals surface area contributed by atoms with Crippen molar-refractivity contribution in [1.82, 2.24) is 4.98 Å². The van der Waals surface area contributed by atoms with Crippen LogP contribution >= 0.6 is 0 Å². The lowest BCUT2D eigenvalue weighted by molar-refractivity contribution is 0.766. The van der Waals surface area contributed by atoms with Crippen LogP contribution in [0.4, 0.5) is 0 Å². The lowest BCUT2D eigenvalue weighted by Gasteiger charge is -2.17. The van der Waals surface area contributed by atoms with Gasteiger partial charge in [0.1, 0.15) is 0 Å². The summed E-state index contributed by atoms with van der Waals surface area (Å²) in [5.41, 5.74) is 18.2. The molecule has 63 heavy (non-hydrogen) atoms. The predicted molar refractivity (Wildman–Crippen MR) is 275 cm³/mol. The molecule has 308 valence electrons. The van der Waals surface area contributed by atoms with E-state index in [1.54, 1.807) is 0 Å². The van der Waals surface area contributed by atoms with Crippen molar-refractivity contribution in [3.8, 4) is 22.5 Å². The Labute approximate surface area is 372 Å². The molecule has 9 rings (SSSR count). The molecule has 1 aromatic heterocycles. The summed E-state index contributed by atoms with van der Waals surface area (Å²) in [6.07, 6.45) is 27.5. The maximum absolute atomic E-state index is 6.86. The van der Waals surface area contributed by atoms with Crippen LogP contribution in [-0.4, -0.2) is 11.0 Å². The van der Waals surface area contributed by atoms with E-state index in [2.05, 4.69) is 209 Å². The summed E-state index contributed by atoms with van der Waals surface area (Å²) in [7, 11) is 0. The van der Waals surface area contributed by atoms with Crippen LogP contribution in [0.15, 0.2) is 217 Å². The molecule has 0 saturated carbocycles. The van der Waals surface area contributed by atoms with E-state index in [4.69, 9.17) is 10.7 Å². The van der Waals surface area contributed by atoms with Crippen molar-refractivity contribution in [2.24, 2.45) is 5.73 Å². The third kappa shape index (κ3) is 9.09. The smallest absolute Gasteiger partial charge is 0.0718 e. The minimum absolute atomic E-state index is 0.104. The minimum Gasteiger partial charge on any atom is -0.324 e. The van der Waals surface area contributed by atoms with Gasteiger partial charge < -0.3 is 5.73 Å². The summed E-state index contributed by atoms with van der Waals surface area (Å²) >= 11 is 0. The molecule has 7 aromatic carbocycles. The standard InChI is InChI=1S/C61H54N2/c1-5-7-17-49(57(62)36-45-15-8-13-41(3)34-45)28-23-43(12-6-2)14-9-16-46-37-58(54-39-52-31-29-50-20-11-21-51-30-32-53(40-54)61(52)60(50)51)63-59(38-46)55-33-25-44-24-27-48-19-10-18-47(56(48)35-44)26-22-42(55)4/h5-7,9-12,14-22,24-35,37-40,57H,1,8,13,23,36,62H2,2-4H3/b12-6-,16-9+,17-7-,26-22?,33-25?,42-22?,43-14+,44-25?,47-26?,49-28+,55-33?,55-42?/t57-/m1/s1. The van der Waals surface area contributed by atoms with E-state index in [0.29, 0.717) is 0 Å². The minimum atomic E-state index is -0.104. The lowest BCUT2D eigenvalue weighted by Crippen LogP contribution is -2.22. The number of fused-ring (bicyclic) bond motifs is 1. The summed E-state index contributed by atoms with van der Waals surface area (Å²) in [5, 5.41) is 12.5. The zero-order valence-corrected chi connectivity index (χ0v) is 36.6. The Hall–Kier alpha value is -7.13. The number of rotatable bonds is 12. The Kier molecular flexibility index (Phi) is 12.1. The van der Waals surface area contributed by atoms with Crippen molar-refractivity contribution >= 4 is 59.9 Å². The molecule has 1 aliphatic carbocycles. The first kappa shape index (κ1) is 41.2. The number of hydrogen-bond donors (Lipinski definition) is 1. The average molecular weight is 815 g/mol. The van der Waals surface area contributed by atoms with Crippen LogP contribution in [0, 0.1) is 6.92 Å². The zero-order valence-electron chi connectivity index (χ0n) is 36.6. The second-order valence-electron chi connectivity index (χ2n) is 17.0. The Bertz CT molecular complexity index is 3220. The van der Waals surface area contributed by atoms with Gasteiger partial charge in [0, 0.05) is 17.2 Å². The zero-order chi connectivity index (χ0) is 43.3. The van der Waals surface area contributed by atoms with Crippen molar-refractivity contribution in [2.45, 2.75) is 52.5 Å². The Morgan fingerprint density at radius 3 is 2.13 bits per heavy atom. The fraction of sp³-hybridized carbons (Fsp3) is 0.131. The molecule has 0 amide bonds. The third-order valence-electron chi connectivity index (χ3n) is 12.4. The van der Waals surface area contributed by atoms with Gasteiger partial charge >= 0.3 is 0 Å². The van der Waals surface area contributed by atoms with E-state index >= 15 is 0 Å². The summed E-state index contributed by atoms with van der Waals surface area (Å²) in [5.74, 6) is 0. The molecule has 0 spiro atoms. The normalized spacial score (nSPS) is 14.5. The van der Waals surface area contributed by atoms with Crippen LogP contribution in [0.3, 0.4) is 0 Å². The van der Waals surface area contributed by atoms with Crippen LogP contribution in [0.25, 0.3) is 82.5 Å². The number of allylic oxidation sites excluding steroid dienone is 11. The van der Waals surface area contributed by atoms with Crippen molar-refractivity contribution in [2.75, 3.05) is 0 Å². The fourth-order valence-corrected chi connectivity index (χ4v) is 9.20. The highest BCUT2D eigenvalue weighted by Crippen LogP contribution is 2.38. The molecule has 0 unspecified atom stereocenters. The Morgan fingerprint density at radius 1 is 0.730 bits per heavy atom. The first-order valence-corrected chi connectivity index (χ1v) is 22.2. The van der Waals surface area contributed by atoms with Crippen LogP contribution in [0.5, 0.6) is 0 Å². The van der Waals surface area contributed by atoms with Gasteiger partial charge in [-0.3, -0.25) is 0 Å². The molecular weight excluding hydrogens is 761 g/mol. The monoisotopic (exact) mass is 814 g/mol. The number of aryl methyl sites for hydroxylation is 1. The average Bonchev–Trinajstić information content (AvgIpc) is 3.29. The topological polar surface area (TPSA) is 38.9 Å². The van der Waals surface area contributed by atoms with Crippen molar-refractivity contribution in [3.05, 3.63) is 228 Å². The number of hydrogen-bond acceptors (Lipinski definition) is 2. The quantitative estimate of drug-likeness (QED) is 0.0985. The van der Waals surface area contributed by atoms with Gasteiger partial charge in [-0.05, 0) is 153 Å². The molecule has 0 aliphatic heterocycles. The second-order valence-corrected chi connectivity index (χ2v) is 17.0. The molecule has 2 heteroatoms. The van der Waals surface area contributed by atoms with Gasteiger partial charge in [0.2, 0.25) is 0 Å². The molecule has 0 saturated heterocycles. The van der Waals surface area contributed by atoms with Gasteiger partial charge in [0.25, 0.3) is 0 Å². The number of benzene rings is 6. The summed E-state index contributed by atoms with van der Waals surface area (Å²) in [4.78, 5) is 5.47. The Balaban J connectivity index is 1.13.